The lowest BCUT2D eigenvalue weighted by Crippen LogP contribution is -2.21. The van der Waals surface area contributed by atoms with Crippen molar-refractivity contribution in [2.75, 3.05) is 17.4 Å². The largest absolute Gasteiger partial charge is 0.454 e. The van der Waals surface area contributed by atoms with Gasteiger partial charge in [-0.15, -0.1) is 0 Å². The molecule has 0 fully saturated rings. The molecule has 3 rings (SSSR count). The van der Waals surface area contributed by atoms with Gasteiger partial charge in [-0.3, -0.25) is 9.59 Å². The molecule has 0 saturated heterocycles. The van der Waals surface area contributed by atoms with E-state index in [1.54, 1.807) is 36.4 Å². The predicted molar refractivity (Wildman–Crippen MR) is 90.9 cm³/mol. The topological polar surface area (TPSA) is 76.7 Å². The first-order valence-electron chi connectivity index (χ1n) is 6.96. The van der Waals surface area contributed by atoms with Crippen molar-refractivity contribution in [3.63, 3.8) is 0 Å². The fourth-order valence-electron chi connectivity index (χ4n) is 2.12. The van der Waals surface area contributed by atoms with E-state index in [0.29, 0.717) is 27.9 Å². The minimum atomic E-state index is -0.502. The summed E-state index contributed by atoms with van der Waals surface area (Å²) >= 11 is 11.9. The molecule has 0 saturated carbocycles. The number of amides is 2. The van der Waals surface area contributed by atoms with Gasteiger partial charge < -0.3 is 20.1 Å². The molecule has 0 spiro atoms. The summed E-state index contributed by atoms with van der Waals surface area (Å²) in [6.45, 7) is 0.148. The number of anilines is 2. The Bertz CT molecular complexity index is 811. The van der Waals surface area contributed by atoms with Crippen LogP contribution in [0.5, 0.6) is 11.5 Å². The second-order valence-electron chi connectivity index (χ2n) is 4.94. The minimum Gasteiger partial charge on any atom is -0.454 e. The Labute approximate surface area is 147 Å². The highest BCUT2D eigenvalue weighted by molar-refractivity contribution is 6.44. The number of nitrogens with one attached hydrogen (secondary N) is 2. The van der Waals surface area contributed by atoms with Crippen LogP contribution < -0.4 is 20.1 Å². The van der Waals surface area contributed by atoms with E-state index in [9.17, 15) is 9.59 Å². The maximum absolute atomic E-state index is 12.0. The molecule has 6 nitrogen and oxygen atoms in total. The van der Waals surface area contributed by atoms with Gasteiger partial charge in [0.15, 0.2) is 11.5 Å². The fourth-order valence-corrected chi connectivity index (χ4v) is 2.47. The number of carbonyl (C=O) groups is 2. The summed E-state index contributed by atoms with van der Waals surface area (Å²) in [4.78, 5) is 23.9. The van der Waals surface area contributed by atoms with E-state index >= 15 is 0 Å². The average Bonchev–Trinajstić information content (AvgIpc) is 2.99. The van der Waals surface area contributed by atoms with Crippen LogP contribution in [0.15, 0.2) is 36.4 Å². The lowest BCUT2D eigenvalue weighted by atomic mass is 10.2. The van der Waals surface area contributed by atoms with Crippen molar-refractivity contribution < 1.29 is 19.1 Å². The number of ether oxygens (including phenoxy) is 2. The second-order valence-corrected chi connectivity index (χ2v) is 5.73. The summed E-state index contributed by atoms with van der Waals surface area (Å²) in [5.41, 5.74) is 0.864. The molecule has 0 atom stereocenters. The van der Waals surface area contributed by atoms with Crippen LogP contribution in [-0.2, 0) is 9.59 Å². The zero-order chi connectivity index (χ0) is 17.1. The Morgan fingerprint density at radius 1 is 1.00 bits per heavy atom. The monoisotopic (exact) mass is 366 g/mol. The molecule has 0 bridgehead atoms. The highest BCUT2D eigenvalue weighted by Crippen LogP contribution is 2.34. The van der Waals surface area contributed by atoms with Crippen LogP contribution in [0, 0.1) is 0 Å². The van der Waals surface area contributed by atoms with Gasteiger partial charge in [0.05, 0.1) is 15.7 Å². The van der Waals surface area contributed by atoms with Crippen LogP contribution in [0.25, 0.3) is 0 Å². The lowest BCUT2D eigenvalue weighted by Gasteiger charge is -2.09. The normalized spacial score (nSPS) is 11.9. The number of halogens is 2. The van der Waals surface area contributed by atoms with Gasteiger partial charge in [-0.05, 0) is 24.3 Å². The third kappa shape index (κ3) is 3.72. The van der Waals surface area contributed by atoms with Crippen molar-refractivity contribution in [1.29, 1.82) is 0 Å². The van der Waals surface area contributed by atoms with E-state index < -0.39 is 11.8 Å². The Balaban J connectivity index is 1.58. The molecule has 0 unspecified atom stereocenters. The average molecular weight is 367 g/mol. The highest BCUT2D eigenvalue weighted by atomic mass is 35.5. The number of benzene rings is 2. The zero-order valence-electron chi connectivity index (χ0n) is 12.3. The van der Waals surface area contributed by atoms with E-state index in [1.165, 1.54) is 0 Å². The Morgan fingerprint density at radius 2 is 1.75 bits per heavy atom. The van der Waals surface area contributed by atoms with Gasteiger partial charge in [0, 0.05) is 11.8 Å². The van der Waals surface area contributed by atoms with Crippen molar-refractivity contribution in [2.45, 2.75) is 6.42 Å². The molecule has 1 heterocycles. The number of hydrogen-bond donors (Lipinski definition) is 2. The van der Waals surface area contributed by atoms with Gasteiger partial charge in [-0.25, -0.2) is 0 Å². The van der Waals surface area contributed by atoms with Crippen molar-refractivity contribution in [2.24, 2.45) is 0 Å². The molecule has 8 heteroatoms. The third-order valence-corrected chi connectivity index (χ3v) is 4.02. The molecule has 24 heavy (non-hydrogen) atoms. The van der Waals surface area contributed by atoms with Gasteiger partial charge in [0.1, 0.15) is 6.42 Å². The van der Waals surface area contributed by atoms with Gasteiger partial charge in [-0.2, -0.15) is 0 Å². The molecular formula is C16H12Cl2N2O4. The lowest BCUT2D eigenvalue weighted by molar-refractivity contribution is -0.123. The summed E-state index contributed by atoms with van der Waals surface area (Å²) in [5.74, 6) is 0.186. The summed E-state index contributed by atoms with van der Waals surface area (Å²) in [5, 5.41) is 5.71. The van der Waals surface area contributed by atoms with Crippen LogP contribution in [0.2, 0.25) is 10.0 Å². The predicted octanol–water partition coefficient (Wildman–Crippen LogP) is 3.69. The third-order valence-electron chi connectivity index (χ3n) is 3.20. The van der Waals surface area contributed by atoms with Crippen molar-refractivity contribution >= 4 is 46.4 Å². The van der Waals surface area contributed by atoms with E-state index in [4.69, 9.17) is 32.7 Å². The van der Waals surface area contributed by atoms with E-state index in [0.717, 1.165) is 0 Å². The maximum atomic E-state index is 12.0. The first-order valence-corrected chi connectivity index (χ1v) is 7.72. The van der Waals surface area contributed by atoms with Crippen LogP contribution in [0.1, 0.15) is 6.42 Å². The molecule has 2 aromatic carbocycles. The first kappa shape index (κ1) is 16.4. The fraction of sp³-hybridized carbons (Fsp3) is 0.125. The summed E-state index contributed by atoms with van der Waals surface area (Å²) < 4.78 is 10.4. The number of rotatable bonds is 4. The SMILES string of the molecule is O=C(CC(=O)Nc1cccc(Cl)c1Cl)Nc1ccc2c(c1)OCO2. The van der Waals surface area contributed by atoms with E-state index in [2.05, 4.69) is 10.6 Å². The van der Waals surface area contributed by atoms with Crippen LogP contribution in [-0.4, -0.2) is 18.6 Å². The highest BCUT2D eigenvalue weighted by Gasteiger charge is 2.16. The van der Waals surface area contributed by atoms with Crippen molar-refractivity contribution in [1.82, 2.24) is 0 Å². The van der Waals surface area contributed by atoms with Gasteiger partial charge in [-0.1, -0.05) is 29.3 Å². The van der Waals surface area contributed by atoms with E-state index in [1.807, 2.05) is 0 Å². The Hall–Kier alpha value is -2.44. The molecule has 1 aliphatic rings. The maximum Gasteiger partial charge on any atom is 0.233 e. The summed E-state index contributed by atoms with van der Waals surface area (Å²) in [7, 11) is 0. The first-order chi connectivity index (χ1) is 11.5. The van der Waals surface area contributed by atoms with Gasteiger partial charge in [0.25, 0.3) is 0 Å². The Kier molecular flexibility index (Phi) is 4.78. The molecular weight excluding hydrogens is 355 g/mol. The zero-order valence-corrected chi connectivity index (χ0v) is 13.8. The molecule has 124 valence electrons. The molecule has 2 N–H and O–H groups in total. The molecule has 2 amide bonds. The second kappa shape index (κ2) is 6.98. The van der Waals surface area contributed by atoms with Crippen molar-refractivity contribution in [3.05, 3.63) is 46.4 Å². The molecule has 1 aliphatic heterocycles. The molecule has 0 aromatic heterocycles. The standard InChI is InChI=1S/C16H12Cl2N2O4/c17-10-2-1-3-11(16(10)18)20-15(22)7-14(21)19-9-4-5-12-13(6-9)24-8-23-12/h1-6H,7-8H2,(H,19,21)(H,20,22). The van der Waals surface area contributed by atoms with Crippen molar-refractivity contribution in [3.8, 4) is 11.5 Å². The summed E-state index contributed by atoms with van der Waals surface area (Å²) in [6.07, 6.45) is -0.364. The smallest absolute Gasteiger partial charge is 0.233 e. The number of carbonyl (C=O) groups excluding carboxylic acids is 2. The molecule has 0 radical (unpaired) electrons. The van der Waals surface area contributed by atoms with E-state index in [-0.39, 0.29) is 18.2 Å². The molecule has 2 aromatic rings. The van der Waals surface area contributed by atoms with Crippen LogP contribution in [0.4, 0.5) is 11.4 Å². The molecule has 0 aliphatic carbocycles. The number of fused-ring (bicyclic) bond motifs is 1. The van der Waals surface area contributed by atoms with Crippen LogP contribution >= 0.6 is 23.2 Å². The van der Waals surface area contributed by atoms with Gasteiger partial charge in [0.2, 0.25) is 18.6 Å². The van der Waals surface area contributed by atoms with Gasteiger partial charge >= 0.3 is 0 Å². The Morgan fingerprint density at radius 3 is 2.58 bits per heavy atom. The minimum absolute atomic E-state index is 0.148. The summed E-state index contributed by atoms with van der Waals surface area (Å²) in [6, 6.07) is 9.83. The number of hydrogen-bond acceptors (Lipinski definition) is 4. The quantitative estimate of drug-likeness (QED) is 0.809. The van der Waals surface area contributed by atoms with Crippen LogP contribution in [0.3, 0.4) is 0 Å².